The first kappa shape index (κ1) is 10.4. The van der Waals surface area contributed by atoms with Crippen molar-refractivity contribution in [3.8, 4) is 0 Å². The highest BCUT2D eigenvalue weighted by molar-refractivity contribution is 5.46. The van der Waals surface area contributed by atoms with Crippen molar-refractivity contribution >= 4 is 5.69 Å². The fourth-order valence-electron chi connectivity index (χ4n) is 2.10. The highest BCUT2D eigenvalue weighted by Crippen LogP contribution is 2.29. The van der Waals surface area contributed by atoms with Crippen molar-refractivity contribution in [1.29, 1.82) is 0 Å². The van der Waals surface area contributed by atoms with Gasteiger partial charge in [-0.3, -0.25) is 4.98 Å². The van der Waals surface area contributed by atoms with Gasteiger partial charge in [0.2, 0.25) is 0 Å². The van der Waals surface area contributed by atoms with Crippen LogP contribution in [0.4, 0.5) is 5.69 Å². The minimum absolute atomic E-state index is 0.0245. The maximum Gasteiger partial charge on any atom is 0.0397 e. The lowest BCUT2D eigenvalue weighted by molar-refractivity contribution is 0.342. The van der Waals surface area contributed by atoms with Gasteiger partial charge >= 0.3 is 0 Å². The molecule has 0 bridgehead atoms. The summed E-state index contributed by atoms with van der Waals surface area (Å²) < 4.78 is 0. The van der Waals surface area contributed by atoms with E-state index in [1.54, 1.807) is 0 Å². The van der Waals surface area contributed by atoms with Gasteiger partial charge in [-0.15, -0.1) is 0 Å². The lowest BCUT2D eigenvalue weighted by Gasteiger charge is -2.29. The third-order valence-electron chi connectivity index (χ3n) is 3.51. The fourth-order valence-corrected chi connectivity index (χ4v) is 2.10. The SMILES string of the molecule is CC(C)C1(N)CCN(c2ccncc2)C1. The predicted molar refractivity (Wildman–Crippen MR) is 62.8 cm³/mol. The van der Waals surface area contributed by atoms with E-state index in [1.807, 2.05) is 24.5 Å². The largest absolute Gasteiger partial charge is 0.370 e. The molecule has 1 saturated heterocycles. The Balaban J connectivity index is 2.11. The first-order valence-corrected chi connectivity index (χ1v) is 5.56. The van der Waals surface area contributed by atoms with Crippen LogP contribution in [0.1, 0.15) is 20.3 Å². The third kappa shape index (κ3) is 1.97. The van der Waals surface area contributed by atoms with Crippen LogP contribution in [-0.4, -0.2) is 23.6 Å². The summed E-state index contributed by atoms with van der Waals surface area (Å²) in [4.78, 5) is 6.38. The van der Waals surface area contributed by atoms with E-state index in [-0.39, 0.29) is 5.54 Å². The van der Waals surface area contributed by atoms with Gasteiger partial charge < -0.3 is 10.6 Å². The van der Waals surface area contributed by atoms with E-state index in [4.69, 9.17) is 5.73 Å². The predicted octanol–water partition coefficient (Wildman–Crippen LogP) is 1.65. The van der Waals surface area contributed by atoms with E-state index in [9.17, 15) is 0 Å². The molecule has 15 heavy (non-hydrogen) atoms. The molecular weight excluding hydrogens is 186 g/mol. The van der Waals surface area contributed by atoms with E-state index in [0.29, 0.717) is 5.92 Å². The molecule has 1 fully saturated rings. The van der Waals surface area contributed by atoms with Gasteiger partial charge in [-0.05, 0) is 24.5 Å². The minimum atomic E-state index is -0.0245. The maximum absolute atomic E-state index is 6.37. The molecule has 0 radical (unpaired) electrons. The topological polar surface area (TPSA) is 42.1 Å². The molecule has 1 aliphatic rings. The molecule has 2 N–H and O–H groups in total. The maximum atomic E-state index is 6.37. The minimum Gasteiger partial charge on any atom is -0.370 e. The molecule has 1 aliphatic heterocycles. The molecule has 0 aliphatic carbocycles. The molecule has 3 heteroatoms. The Morgan fingerprint density at radius 3 is 2.60 bits per heavy atom. The normalized spacial score (nSPS) is 26.3. The molecule has 3 nitrogen and oxygen atoms in total. The van der Waals surface area contributed by atoms with Crippen molar-refractivity contribution in [2.75, 3.05) is 18.0 Å². The summed E-state index contributed by atoms with van der Waals surface area (Å²) >= 11 is 0. The second kappa shape index (κ2) is 3.81. The Kier molecular flexibility index (Phi) is 2.65. The van der Waals surface area contributed by atoms with Crippen LogP contribution < -0.4 is 10.6 Å². The number of hydrogen-bond acceptors (Lipinski definition) is 3. The fraction of sp³-hybridized carbons (Fsp3) is 0.583. The van der Waals surface area contributed by atoms with Crippen molar-refractivity contribution in [2.24, 2.45) is 11.7 Å². The summed E-state index contributed by atoms with van der Waals surface area (Å²) in [7, 11) is 0. The van der Waals surface area contributed by atoms with Gasteiger partial charge in [-0.1, -0.05) is 13.8 Å². The number of anilines is 1. The Morgan fingerprint density at radius 2 is 2.07 bits per heavy atom. The first-order chi connectivity index (χ1) is 7.12. The summed E-state index contributed by atoms with van der Waals surface area (Å²) in [5.74, 6) is 0.532. The smallest absolute Gasteiger partial charge is 0.0397 e. The quantitative estimate of drug-likeness (QED) is 0.798. The first-order valence-electron chi connectivity index (χ1n) is 5.56. The van der Waals surface area contributed by atoms with Gasteiger partial charge in [0.25, 0.3) is 0 Å². The number of hydrogen-bond donors (Lipinski definition) is 1. The number of rotatable bonds is 2. The van der Waals surface area contributed by atoms with Gasteiger partial charge in [0.15, 0.2) is 0 Å². The molecule has 0 saturated carbocycles. The lowest BCUT2D eigenvalue weighted by atomic mass is 9.87. The van der Waals surface area contributed by atoms with E-state index >= 15 is 0 Å². The summed E-state index contributed by atoms with van der Waals surface area (Å²) in [5, 5.41) is 0. The van der Waals surface area contributed by atoms with Gasteiger partial charge in [0, 0.05) is 36.7 Å². The molecule has 82 valence electrons. The third-order valence-corrected chi connectivity index (χ3v) is 3.51. The molecule has 1 aromatic rings. The molecule has 0 spiro atoms. The average molecular weight is 205 g/mol. The summed E-state index contributed by atoms with van der Waals surface area (Å²) in [6.07, 6.45) is 4.75. The number of pyridine rings is 1. The number of nitrogens with zero attached hydrogens (tertiary/aromatic N) is 2. The molecule has 2 rings (SSSR count). The molecule has 1 unspecified atom stereocenters. The van der Waals surface area contributed by atoms with E-state index in [1.165, 1.54) is 5.69 Å². The highest BCUT2D eigenvalue weighted by atomic mass is 15.2. The summed E-state index contributed by atoms with van der Waals surface area (Å²) in [6, 6.07) is 4.10. The van der Waals surface area contributed by atoms with Crippen molar-refractivity contribution in [3.63, 3.8) is 0 Å². The zero-order chi connectivity index (χ0) is 10.9. The van der Waals surface area contributed by atoms with Crippen molar-refractivity contribution in [2.45, 2.75) is 25.8 Å². The average Bonchev–Trinajstić information content (AvgIpc) is 2.64. The molecule has 2 heterocycles. The van der Waals surface area contributed by atoms with Gasteiger partial charge in [-0.2, -0.15) is 0 Å². The van der Waals surface area contributed by atoms with Crippen LogP contribution in [0, 0.1) is 5.92 Å². The van der Waals surface area contributed by atoms with Crippen molar-refractivity contribution in [1.82, 2.24) is 4.98 Å². The van der Waals surface area contributed by atoms with Crippen LogP contribution in [0.5, 0.6) is 0 Å². The Morgan fingerprint density at radius 1 is 1.40 bits per heavy atom. The van der Waals surface area contributed by atoms with Gasteiger partial charge in [0.1, 0.15) is 0 Å². The summed E-state index contributed by atoms with van der Waals surface area (Å²) in [6.45, 7) is 6.42. The van der Waals surface area contributed by atoms with E-state index in [2.05, 4.69) is 23.7 Å². The highest BCUT2D eigenvalue weighted by Gasteiger charge is 2.36. The molecule has 0 amide bonds. The number of nitrogens with two attached hydrogens (primary N) is 1. The molecule has 1 aromatic heterocycles. The van der Waals surface area contributed by atoms with Crippen LogP contribution in [-0.2, 0) is 0 Å². The second-order valence-corrected chi connectivity index (χ2v) is 4.76. The molecule has 0 aromatic carbocycles. The second-order valence-electron chi connectivity index (χ2n) is 4.76. The molecular formula is C12H19N3. The lowest BCUT2D eigenvalue weighted by Crippen LogP contribution is -2.47. The Hall–Kier alpha value is -1.09. The van der Waals surface area contributed by atoms with Crippen LogP contribution in [0.2, 0.25) is 0 Å². The van der Waals surface area contributed by atoms with Crippen molar-refractivity contribution in [3.05, 3.63) is 24.5 Å². The van der Waals surface area contributed by atoms with Crippen LogP contribution in [0.3, 0.4) is 0 Å². The van der Waals surface area contributed by atoms with Crippen LogP contribution in [0.25, 0.3) is 0 Å². The van der Waals surface area contributed by atoms with Crippen LogP contribution in [0.15, 0.2) is 24.5 Å². The summed E-state index contributed by atoms with van der Waals surface area (Å²) in [5.41, 5.74) is 7.58. The van der Waals surface area contributed by atoms with Crippen molar-refractivity contribution < 1.29 is 0 Å². The van der Waals surface area contributed by atoms with Crippen LogP contribution >= 0.6 is 0 Å². The van der Waals surface area contributed by atoms with Gasteiger partial charge in [0.05, 0.1) is 0 Å². The Bertz CT molecular complexity index is 323. The number of aromatic nitrogens is 1. The standard InChI is InChI=1S/C12H19N3/c1-10(2)12(13)5-8-15(9-12)11-3-6-14-7-4-11/h3-4,6-7,10H,5,8-9,13H2,1-2H3. The zero-order valence-electron chi connectivity index (χ0n) is 9.48. The van der Waals surface area contributed by atoms with E-state index in [0.717, 1.165) is 19.5 Å². The monoisotopic (exact) mass is 205 g/mol. The molecule has 1 atom stereocenters. The van der Waals surface area contributed by atoms with Gasteiger partial charge in [-0.25, -0.2) is 0 Å². The van der Waals surface area contributed by atoms with E-state index < -0.39 is 0 Å². The Labute approximate surface area is 91.3 Å². The zero-order valence-corrected chi connectivity index (χ0v) is 9.48.